The monoisotopic (exact) mass is 267 g/mol. The molecule has 1 amide bonds. The van der Waals surface area contributed by atoms with Crippen molar-refractivity contribution < 1.29 is 14.5 Å². The van der Waals surface area contributed by atoms with Crippen molar-refractivity contribution in [3.05, 3.63) is 39.4 Å². The summed E-state index contributed by atoms with van der Waals surface area (Å²) in [5.74, 6) is -0.278. The maximum absolute atomic E-state index is 11.4. The maximum atomic E-state index is 11.4. The molecule has 0 atom stereocenters. The van der Waals surface area contributed by atoms with Gasteiger partial charge >= 0.3 is 0 Å². The fraction of sp³-hybridized carbons (Fsp3) is 0.417. The van der Waals surface area contributed by atoms with Gasteiger partial charge in [-0.1, -0.05) is 12.1 Å². The van der Waals surface area contributed by atoms with E-state index >= 15 is 0 Å². The number of nitro groups is 1. The van der Waals surface area contributed by atoms with Crippen molar-refractivity contribution in [2.24, 2.45) is 5.73 Å². The van der Waals surface area contributed by atoms with Crippen LogP contribution in [-0.4, -0.2) is 30.6 Å². The lowest BCUT2D eigenvalue weighted by Crippen LogP contribution is -2.28. The highest BCUT2D eigenvalue weighted by Crippen LogP contribution is 2.20. The Balaban J connectivity index is 2.56. The number of amides is 1. The summed E-state index contributed by atoms with van der Waals surface area (Å²) in [6.07, 6.45) is 0. The summed E-state index contributed by atoms with van der Waals surface area (Å²) >= 11 is 0. The van der Waals surface area contributed by atoms with Crippen molar-refractivity contribution in [1.82, 2.24) is 5.32 Å². The van der Waals surface area contributed by atoms with Crippen LogP contribution in [0.1, 0.15) is 11.1 Å². The van der Waals surface area contributed by atoms with Gasteiger partial charge in [0.2, 0.25) is 5.91 Å². The molecule has 0 unspecified atom stereocenters. The number of carbonyl (C=O) groups excluding carboxylic acids is 1. The van der Waals surface area contributed by atoms with Crippen LogP contribution in [0.5, 0.6) is 0 Å². The number of hydrogen-bond acceptors (Lipinski definition) is 5. The minimum Gasteiger partial charge on any atom is -0.370 e. The smallest absolute Gasteiger partial charge is 0.272 e. The van der Waals surface area contributed by atoms with E-state index in [1.165, 1.54) is 6.07 Å². The van der Waals surface area contributed by atoms with E-state index in [0.717, 1.165) is 0 Å². The molecule has 0 aliphatic carbocycles. The van der Waals surface area contributed by atoms with E-state index in [1.54, 1.807) is 19.1 Å². The first kappa shape index (κ1) is 15.1. The van der Waals surface area contributed by atoms with Gasteiger partial charge in [-0.05, 0) is 12.5 Å². The Morgan fingerprint density at radius 2 is 2.26 bits per heavy atom. The molecule has 0 aliphatic rings. The van der Waals surface area contributed by atoms with Gasteiger partial charge in [0.25, 0.3) is 5.69 Å². The Hall–Kier alpha value is -1.99. The van der Waals surface area contributed by atoms with E-state index in [-0.39, 0.29) is 24.7 Å². The summed E-state index contributed by atoms with van der Waals surface area (Å²) in [5.41, 5.74) is 6.53. The molecule has 7 heteroatoms. The first-order valence-electron chi connectivity index (χ1n) is 5.83. The molecule has 1 rings (SSSR count). The molecule has 0 aromatic heterocycles. The number of nitrogens with zero attached hydrogens (tertiary/aromatic N) is 1. The molecule has 0 fully saturated rings. The van der Waals surface area contributed by atoms with Crippen molar-refractivity contribution in [2.75, 3.05) is 19.8 Å². The minimum atomic E-state index is -0.439. The number of rotatable bonds is 7. The van der Waals surface area contributed by atoms with Crippen molar-refractivity contribution in [1.29, 1.82) is 0 Å². The summed E-state index contributed by atoms with van der Waals surface area (Å²) in [6, 6.07) is 4.77. The van der Waals surface area contributed by atoms with Crippen LogP contribution in [0.3, 0.4) is 0 Å². The van der Waals surface area contributed by atoms with Gasteiger partial charge in [-0.2, -0.15) is 0 Å². The van der Waals surface area contributed by atoms with Crippen LogP contribution in [-0.2, 0) is 16.1 Å². The zero-order valence-corrected chi connectivity index (χ0v) is 10.7. The Morgan fingerprint density at radius 1 is 1.53 bits per heavy atom. The number of benzene rings is 1. The third kappa shape index (κ3) is 4.65. The summed E-state index contributed by atoms with van der Waals surface area (Å²) in [5, 5.41) is 13.4. The van der Waals surface area contributed by atoms with Crippen LogP contribution in [0.4, 0.5) is 5.69 Å². The van der Waals surface area contributed by atoms with E-state index in [2.05, 4.69) is 5.32 Å². The van der Waals surface area contributed by atoms with Gasteiger partial charge < -0.3 is 15.8 Å². The first-order valence-corrected chi connectivity index (χ1v) is 5.83. The highest BCUT2D eigenvalue weighted by atomic mass is 16.6. The van der Waals surface area contributed by atoms with Gasteiger partial charge in [0.1, 0.15) is 6.61 Å². The summed E-state index contributed by atoms with van der Waals surface area (Å²) in [4.78, 5) is 21.7. The molecule has 0 spiro atoms. The number of hydrogen-bond donors (Lipinski definition) is 2. The van der Waals surface area contributed by atoms with Gasteiger partial charge in [-0.3, -0.25) is 14.9 Å². The van der Waals surface area contributed by atoms with E-state index < -0.39 is 4.92 Å². The zero-order valence-electron chi connectivity index (χ0n) is 10.7. The fourth-order valence-electron chi connectivity index (χ4n) is 1.55. The molecule has 1 aromatic carbocycles. The number of carbonyl (C=O) groups is 1. The van der Waals surface area contributed by atoms with Gasteiger partial charge in [0.05, 0.1) is 11.5 Å². The molecule has 0 aliphatic heterocycles. The van der Waals surface area contributed by atoms with Gasteiger partial charge in [-0.15, -0.1) is 0 Å². The van der Waals surface area contributed by atoms with E-state index in [4.69, 9.17) is 10.5 Å². The minimum absolute atomic E-state index is 0.0473. The molecule has 1 aromatic rings. The molecule has 3 N–H and O–H groups in total. The summed E-state index contributed by atoms with van der Waals surface area (Å²) < 4.78 is 4.98. The number of nitrogens with one attached hydrogen (secondary N) is 1. The second-order valence-corrected chi connectivity index (χ2v) is 3.94. The third-order valence-electron chi connectivity index (χ3n) is 2.59. The lowest BCUT2D eigenvalue weighted by Gasteiger charge is -2.08. The maximum Gasteiger partial charge on any atom is 0.272 e. The highest BCUT2D eigenvalue weighted by molar-refractivity contribution is 5.77. The van der Waals surface area contributed by atoms with E-state index in [0.29, 0.717) is 24.3 Å². The predicted octanol–water partition coefficient (Wildman–Crippen LogP) is 0.495. The lowest BCUT2D eigenvalue weighted by molar-refractivity contribution is -0.385. The topological polar surface area (TPSA) is 107 Å². The standard InChI is InChI=1S/C12H17N3O4/c1-9-10(3-2-4-11(9)15(17)18)7-14-12(16)8-19-6-5-13/h2-4H,5-8,13H2,1H3,(H,14,16). The molecular weight excluding hydrogens is 250 g/mol. The van der Waals surface area contributed by atoms with Crippen LogP contribution in [0.25, 0.3) is 0 Å². The summed E-state index contributed by atoms with van der Waals surface area (Å²) in [6.45, 7) is 2.51. The molecule has 0 heterocycles. The molecule has 0 saturated carbocycles. The fourth-order valence-corrected chi connectivity index (χ4v) is 1.55. The lowest BCUT2D eigenvalue weighted by atomic mass is 10.1. The Bertz CT molecular complexity index is 462. The predicted molar refractivity (Wildman–Crippen MR) is 69.6 cm³/mol. The Morgan fingerprint density at radius 3 is 2.89 bits per heavy atom. The second kappa shape index (κ2) is 7.45. The zero-order chi connectivity index (χ0) is 14.3. The van der Waals surface area contributed by atoms with Crippen LogP contribution < -0.4 is 11.1 Å². The average Bonchev–Trinajstić information content (AvgIpc) is 2.37. The van der Waals surface area contributed by atoms with Crippen molar-refractivity contribution in [2.45, 2.75) is 13.5 Å². The molecule has 104 valence electrons. The number of nitro benzene ring substituents is 1. The van der Waals surface area contributed by atoms with Crippen LogP contribution in [0.15, 0.2) is 18.2 Å². The Kier molecular flexibility index (Phi) is 5.91. The molecular formula is C12H17N3O4. The SMILES string of the molecule is Cc1c(CNC(=O)COCCN)cccc1[N+](=O)[O-]. The van der Waals surface area contributed by atoms with Crippen molar-refractivity contribution in [3.63, 3.8) is 0 Å². The average molecular weight is 267 g/mol. The molecule has 19 heavy (non-hydrogen) atoms. The van der Waals surface area contributed by atoms with E-state index in [1.807, 2.05) is 0 Å². The normalized spacial score (nSPS) is 10.2. The van der Waals surface area contributed by atoms with Gasteiger partial charge in [0.15, 0.2) is 0 Å². The van der Waals surface area contributed by atoms with Crippen LogP contribution >= 0.6 is 0 Å². The quantitative estimate of drug-likeness (QED) is 0.425. The molecule has 7 nitrogen and oxygen atoms in total. The second-order valence-electron chi connectivity index (χ2n) is 3.94. The van der Waals surface area contributed by atoms with Gasteiger partial charge in [-0.25, -0.2) is 0 Å². The van der Waals surface area contributed by atoms with Crippen molar-refractivity contribution in [3.8, 4) is 0 Å². The highest BCUT2D eigenvalue weighted by Gasteiger charge is 2.13. The van der Waals surface area contributed by atoms with Gasteiger partial charge in [0, 0.05) is 24.7 Å². The summed E-state index contributed by atoms with van der Waals surface area (Å²) in [7, 11) is 0. The molecule has 0 saturated heterocycles. The number of nitrogens with two attached hydrogens (primary N) is 1. The van der Waals surface area contributed by atoms with Crippen LogP contribution in [0.2, 0.25) is 0 Å². The third-order valence-corrected chi connectivity index (χ3v) is 2.59. The van der Waals surface area contributed by atoms with E-state index in [9.17, 15) is 14.9 Å². The van der Waals surface area contributed by atoms with Crippen LogP contribution in [0, 0.1) is 17.0 Å². The van der Waals surface area contributed by atoms with Crippen molar-refractivity contribution >= 4 is 11.6 Å². The first-order chi connectivity index (χ1) is 9.06. The molecule has 0 bridgehead atoms. The largest absolute Gasteiger partial charge is 0.370 e. The molecule has 0 radical (unpaired) electrons. The number of ether oxygens (including phenoxy) is 1. The Labute approximate surface area is 110 Å².